The summed E-state index contributed by atoms with van der Waals surface area (Å²) in [5.74, 6) is 4.94. The predicted octanol–water partition coefficient (Wildman–Crippen LogP) is 3.14. The van der Waals surface area contributed by atoms with Crippen LogP contribution < -0.4 is 15.3 Å². The van der Waals surface area contributed by atoms with E-state index in [9.17, 15) is 9.59 Å². The van der Waals surface area contributed by atoms with Gasteiger partial charge in [0.1, 0.15) is 11.4 Å². The number of amides is 1. The number of amidine groups is 1. The second kappa shape index (κ2) is 8.55. The molecule has 0 aliphatic heterocycles. The fourth-order valence-corrected chi connectivity index (χ4v) is 3.88. The van der Waals surface area contributed by atoms with Gasteiger partial charge in [0.05, 0.1) is 25.3 Å². The number of para-hydroxylation sites is 1. The number of carboxylic acids is 1. The number of quaternary nitrogens is 1. The van der Waals surface area contributed by atoms with Crippen LogP contribution in [0.2, 0.25) is 0 Å². The smallest absolute Gasteiger partial charge is 0.335 e. The molecule has 0 radical (unpaired) electrons. The molecule has 8 heteroatoms. The van der Waals surface area contributed by atoms with Crippen molar-refractivity contribution in [2.24, 2.45) is 5.84 Å². The molecule has 0 aliphatic rings. The number of hydrazine groups is 1. The van der Waals surface area contributed by atoms with Crippen LogP contribution in [0.4, 0.5) is 11.4 Å². The van der Waals surface area contributed by atoms with Gasteiger partial charge < -0.3 is 5.11 Å². The standard InChI is InChI=1S/C20H24N4O3S/c1-13-6-5-7-14(2)18(13)24(3,4)17(25)12-28-20(21)23(22)16-10-8-15(9-11-16)19(26)27/h5-11,21H,12,22H2,1-4H3/p+1. The Morgan fingerprint density at radius 1 is 1.11 bits per heavy atom. The number of carboxylic acid groups (broad SMARTS) is 1. The van der Waals surface area contributed by atoms with Gasteiger partial charge in [0.2, 0.25) is 0 Å². The van der Waals surface area contributed by atoms with Gasteiger partial charge >= 0.3 is 11.9 Å². The molecule has 2 aromatic rings. The number of rotatable bonds is 5. The summed E-state index contributed by atoms with van der Waals surface area (Å²) >= 11 is 1.03. The van der Waals surface area contributed by atoms with Crippen LogP contribution in [0, 0.1) is 19.3 Å². The van der Waals surface area contributed by atoms with Gasteiger partial charge in [-0.25, -0.2) is 19.9 Å². The lowest BCUT2D eigenvalue weighted by Crippen LogP contribution is -2.49. The van der Waals surface area contributed by atoms with Crippen LogP contribution >= 0.6 is 11.8 Å². The van der Waals surface area contributed by atoms with E-state index in [4.69, 9.17) is 16.4 Å². The predicted molar refractivity (Wildman–Crippen MR) is 115 cm³/mol. The quantitative estimate of drug-likeness (QED) is 0.234. The zero-order valence-corrected chi connectivity index (χ0v) is 17.2. The van der Waals surface area contributed by atoms with Crippen LogP contribution in [0.5, 0.6) is 0 Å². The van der Waals surface area contributed by atoms with E-state index < -0.39 is 5.97 Å². The highest BCUT2D eigenvalue weighted by atomic mass is 32.2. The molecule has 0 saturated heterocycles. The molecule has 0 saturated carbocycles. The lowest BCUT2D eigenvalue weighted by molar-refractivity contribution is -0.125. The lowest BCUT2D eigenvalue weighted by Gasteiger charge is -2.29. The first-order chi connectivity index (χ1) is 13.1. The number of anilines is 1. The Morgan fingerprint density at radius 3 is 2.14 bits per heavy atom. The molecular formula is C20H25N4O3S+. The summed E-state index contributed by atoms with van der Waals surface area (Å²) in [6.45, 7) is 3.96. The van der Waals surface area contributed by atoms with E-state index in [-0.39, 0.29) is 26.9 Å². The molecule has 2 rings (SSSR count). The molecular weight excluding hydrogens is 376 g/mol. The molecule has 0 aromatic heterocycles. The number of hydrogen-bond acceptors (Lipinski definition) is 5. The van der Waals surface area contributed by atoms with Crippen molar-refractivity contribution in [1.82, 2.24) is 4.48 Å². The van der Waals surface area contributed by atoms with Crippen molar-refractivity contribution in [2.45, 2.75) is 13.8 Å². The fourth-order valence-electron chi connectivity index (χ4n) is 3.06. The van der Waals surface area contributed by atoms with E-state index >= 15 is 0 Å². The first-order valence-electron chi connectivity index (χ1n) is 8.59. The van der Waals surface area contributed by atoms with Gasteiger partial charge in [0.25, 0.3) is 0 Å². The molecule has 0 fully saturated rings. The number of nitrogens with two attached hydrogens (primary N) is 1. The number of hydrogen-bond donors (Lipinski definition) is 3. The summed E-state index contributed by atoms with van der Waals surface area (Å²) in [6, 6.07) is 11.8. The lowest BCUT2D eigenvalue weighted by atomic mass is 10.1. The highest BCUT2D eigenvalue weighted by Gasteiger charge is 2.32. The van der Waals surface area contributed by atoms with Crippen molar-refractivity contribution in [2.75, 3.05) is 24.9 Å². The Bertz CT molecular complexity index is 890. The van der Waals surface area contributed by atoms with E-state index in [1.807, 2.05) is 46.1 Å². The normalized spacial score (nSPS) is 11.2. The molecule has 4 N–H and O–H groups in total. The molecule has 1 amide bonds. The number of carbonyl (C=O) groups excluding carboxylic acids is 1. The summed E-state index contributed by atoms with van der Waals surface area (Å²) < 4.78 is 0.0800. The first kappa shape index (κ1) is 21.6. The van der Waals surface area contributed by atoms with Crippen LogP contribution in [0.15, 0.2) is 42.5 Å². The third kappa shape index (κ3) is 4.59. The average Bonchev–Trinajstić information content (AvgIpc) is 2.64. The summed E-state index contributed by atoms with van der Waals surface area (Å²) in [5, 5.41) is 18.2. The number of carbonyl (C=O) groups is 2. The molecule has 7 nitrogen and oxygen atoms in total. The van der Waals surface area contributed by atoms with Crippen molar-refractivity contribution in [3.05, 3.63) is 59.2 Å². The van der Waals surface area contributed by atoms with Crippen LogP contribution in [0.1, 0.15) is 21.5 Å². The number of thioether (sulfide) groups is 1. The monoisotopic (exact) mass is 401 g/mol. The average molecular weight is 402 g/mol. The van der Waals surface area contributed by atoms with E-state index in [0.717, 1.165) is 33.6 Å². The third-order valence-corrected chi connectivity index (χ3v) is 5.43. The van der Waals surface area contributed by atoms with Crippen LogP contribution in [-0.2, 0) is 4.79 Å². The molecule has 0 bridgehead atoms. The number of aryl methyl sites for hydroxylation is 2. The van der Waals surface area contributed by atoms with Crippen LogP contribution in [0.25, 0.3) is 0 Å². The van der Waals surface area contributed by atoms with Crippen molar-refractivity contribution >= 4 is 40.2 Å². The highest BCUT2D eigenvalue weighted by molar-refractivity contribution is 8.14. The summed E-state index contributed by atoms with van der Waals surface area (Å²) in [7, 11) is 3.68. The Morgan fingerprint density at radius 2 is 1.64 bits per heavy atom. The molecule has 2 aromatic carbocycles. The minimum Gasteiger partial charge on any atom is -0.478 e. The Balaban J connectivity index is 2.06. The van der Waals surface area contributed by atoms with Gasteiger partial charge in [-0.2, -0.15) is 0 Å². The molecule has 0 unspecified atom stereocenters. The zero-order chi connectivity index (χ0) is 21.1. The topological polar surface area (TPSA) is 107 Å². The van der Waals surface area contributed by atoms with E-state index in [1.54, 1.807) is 0 Å². The number of benzene rings is 2. The van der Waals surface area contributed by atoms with Crippen LogP contribution in [-0.4, -0.2) is 42.0 Å². The fraction of sp³-hybridized carbons (Fsp3) is 0.250. The van der Waals surface area contributed by atoms with Gasteiger partial charge in [0, 0.05) is 11.1 Å². The van der Waals surface area contributed by atoms with Crippen molar-refractivity contribution < 1.29 is 14.7 Å². The van der Waals surface area contributed by atoms with Gasteiger partial charge in [-0.3, -0.25) is 10.4 Å². The molecule has 28 heavy (non-hydrogen) atoms. The first-order valence-corrected chi connectivity index (χ1v) is 9.58. The summed E-state index contributed by atoms with van der Waals surface area (Å²) in [6.07, 6.45) is 0. The maximum atomic E-state index is 12.9. The zero-order valence-electron chi connectivity index (χ0n) is 16.4. The highest BCUT2D eigenvalue weighted by Crippen LogP contribution is 2.29. The second-order valence-corrected chi connectivity index (χ2v) is 7.87. The van der Waals surface area contributed by atoms with Crippen molar-refractivity contribution in [3.8, 4) is 0 Å². The Kier molecular flexibility index (Phi) is 6.60. The van der Waals surface area contributed by atoms with Gasteiger partial charge in [-0.1, -0.05) is 30.0 Å². The molecule has 0 aliphatic carbocycles. The van der Waals surface area contributed by atoms with E-state index in [2.05, 4.69) is 0 Å². The van der Waals surface area contributed by atoms with Gasteiger partial charge in [-0.15, -0.1) is 0 Å². The van der Waals surface area contributed by atoms with Crippen LogP contribution in [0.3, 0.4) is 0 Å². The third-order valence-electron chi connectivity index (χ3n) is 4.57. The SMILES string of the molecule is Cc1cccc(C)c1[N+](C)(C)C(=O)CSC(=N)N(N)c1ccc(C(=O)O)cc1. The molecule has 0 spiro atoms. The number of nitrogens with one attached hydrogen (secondary N) is 1. The number of aromatic carboxylic acids is 1. The molecule has 148 valence electrons. The maximum absolute atomic E-state index is 12.9. The summed E-state index contributed by atoms with van der Waals surface area (Å²) in [4.78, 5) is 23.8. The molecule has 0 heterocycles. The van der Waals surface area contributed by atoms with E-state index in [1.165, 1.54) is 24.3 Å². The van der Waals surface area contributed by atoms with Gasteiger partial charge in [-0.05, 0) is 38.1 Å². The maximum Gasteiger partial charge on any atom is 0.335 e. The minimum atomic E-state index is -1.03. The Hall–Kier alpha value is -2.68. The number of nitrogens with zero attached hydrogens (tertiary/aromatic N) is 2. The summed E-state index contributed by atoms with van der Waals surface area (Å²) in [5.41, 5.74) is 3.64. The largest absolute Gasteiger partial charge is 0.478 e. The second-order valence-electron chi connectivity index (χ2n) is 6.90. The molecule has 0 atom stereocenters. The van der Waals surface area contributed by atoms with Crippen molar-refractivity contribution in [3.63, 3.8) is 0 Å². The Labute approximate surface area is 168 Å². The van der Waals surface area contributed by atoms with Crippen molar-refractivity contribution in [1.29, 1.82) is 5.41 Å². The van der Waals surface area contributed by atoms with E-state index in [0.29, 0.717) is 5.69 Å². The minimum absolute atomic E-state index is 0.00192. The van der Waals surface area contributed by atoms with Gasteiger partial charge in [0.15, 0.2) is 5.17 Å².